The Hall–Kier alpha value is -2.27. The van der Waals surface area contributed by atoms with Crippen LogP contribution in [-0.2, 0) is 6.54 Å². The van der Waals surface area contributed by atoms with Crippen molar-refractivity contribution in [1.82, 2.24) is 5.32 Å². The van der Waals surface area contributed by atoms with E-state index in [1.807, 2.05) is 42.5 Å². The molecule has 0 saturated carbocycles. The van der Waals surface area contributed by atoms with Crippen LogP contribution in [0.15, 0.2) is 58.3 Å². The summed E-state index contributed by atoms with van der Waals surface area (Å²) in [6, 6.07) is 13.6. The maximum Gasteiger partial charge on any atom is 0.141 e. The van der Waals surface area contributed by atoms with Crippen molar-refractivity contribution in [2.75, 3.05) is 0 Å². The molecule has 5 nitrogen and oxygen atoms in total. The number of furan rings is 1. The summed E-state index contributed by atoms with van der Waals surface area (Å²) in [4.78, 5) is 0. The smallest absolute Gasteiger partial charge is 0.141 e. The summed E-state index contributed by atoms with van der Waals surface area (Å²) in [5.74, 6) is 1.04. The lowest BCUT2D eigenvalue weighted by Gasteiger charge is -2.18. The predicted molar refractivity (Wildman–Crippen MR) is 72.8 cm³/mol. The van der Waals surface area contributed by atoms with E-state index in [0.717, 1.165) is 11.3 Å². The molecule has 19 heavy (non-hydrogen) atoms. The highest BCUT2D eigenvalue weighted by Gasteiger charge is 2.13. The summed E-state index contributed by atoms with van der Waals surface area (Å²) in [5.41, 5.74) is 6.68. The van der Waals surface area contributed by atoms with Gasteiger partial charge < -0.3 is 20.7 Å². The summed E-state index contributed by atoms with van der Waals surface area (Å²) in [7, 11) is 0. The van der Waals surface area contributed by atoms with Crippen molar-refractivity contribution in [1.29, 1.82) is 0 Å². The van der Waals surface area contributed by atoms with Gasteiger partial charge in [0.1, 0.15) is 11.6 Å². The average Bonchev–Trinajstić information content (AvgIpc) is 2.97. The number of nitrogens with zero attached hydrogens (tertiary/aromatic N) is 1. The molecule has 2 aromatic rings. The van der Waals surface area contributed by atoms with Gasteiger partial charge in [-0.2, -0.15) is 0 Å². The molecular formula is C14H17N3O2. The van der Waals surface area contributed by atoms with Gasteiger partial charge in [-0.25, -0.2) is 0 Å². The number of oxime groups is 1. The SMILES string of the molecule is NC(CC(NCc1ccco1)c1ccccc1)=NO. The second kappa shape index (κ2) is 6.61. The molecule has 0 bridgehead atoms. The second-order valence-corrected chi connectivity index (χ2v) is 4.22. The summed E-state index contributed by atoms with van der Waals surface area (Å²) in [6.07, 6.45) is 2.07. The van der Waals surface area contributed by atoms with E-state index in [1.165, 1.54) is 0 Å². The highest BCUT2D eigenvalue weighted by molar-refractivity contribution is 5.80. The van der Waals surface area contributed by atoms with Crippen LogP contribution in [0.3, 0.4) is 0 Å². The number of rotatable bonds is 6. The quantitative estimate of drug-likeness (QED) is 0.321. The molecule has 0 aliphatic heterocycles. The molecule has 0 radical (unpaired) electrons. The van der Waals surface area contributed by atoms with Gasteiger partial charge in [0.25, 0.3) is 0 Å². The van der Waals surface area contributed by atoms with Gasteiger partial charge in [-0.1, -0.05) is 35.5 Å². The topological polar surface area (TPSA) is 83.8 Å². The van der Waals surface area contributed by atoms with Crippen molar-refractivity contribution in [3.8, 4) is 0 Å². The molecule has 0 amide bonds. The highest BCUT2D eigenvalue weighted by Crippen LogP contribution is 2.17. The van der Waals surface area contributed by atoms with Crippen LogP contribution in [-0.4, -0.2) is 11.0 Å². The standard InChI is InChI=1S/C14H17N3O2/c15-14(17-18)9-13(11-5-2-1-3-6-11)16-10-12-7-4-8-19-12/h1-8,13,16,18H,9-10H2,(H2,15,17). The minimum atomic E-state index is -0.0257. The van der Waals surface area contributed by atoms with Crippen molar-refractivity contribution in [2.45, 2.75) is 19.0 Å². The molecule has 5 heteroatoms. The van der Waals surface area contributed by atoms with E-state index >= 15 is 0 Å². The molecule has 0 aliphatic carbocycles. The van der Waals surface area contributed by atoms with E-state index in [1.54, 1.807) is 6.26 Å². The maximum absolute atomic E-state index is 8.70. The largest absolute Gasteiger partial charge is 0.468 e. The van der Waals surface area contributed by atoms with Crippen molar-refractivity contribution in [3.05, 3.63) is 60.1 Å². The fraction of sp³-hybridized carbons (Fsp3) is 0.214. The first-order chi connectivity index (χ1) is 9.29. The molecule has 100 valence electrons. The zero-order valence-corrected chi connectivity index (χ0v) is 10.5. The van der Waals surface area contributed by atoms with Crippen LogP contribution in [0.1, 0.15) is 23.8 Å². The Morgan fingerprint density at radius 2 is 2.05 bits per heavy atom. The van der Waals surface area contributed by atoms with Crippen LogP contribution >= 0.6 is 0 Å². The van der Waals surface area contributed by atoms with Gasteiger partial charge in [0, 0.05) is 12.5 Å². The molecule has 1 unspecified atom stereocenters. The van der Waals surface area contributed by atoms with E-state index in [9.17, 15) is 0 Å². The predicted octanol–water partition coefficient (Wildman–Crippen LogP) is 2.25. The van der Waals surface area contributed by atoms with Crippen LogP contribution in [0.25, 0.3) is 0 Å². The van der Waals surface area contributed by atoms with Crippen LogP contribution < -0.4 is 11.1 Å². The Bertz CT molecular complexity index is 509. The van der Waals surface area contributed by atoms with E-state index in [2.05, 4.69) is 10.5 Å². The number of nitrogens with one attached hydrogen (secondary N) is 1. The molecule has 1 atom stereocenters. The molecular weight excluding hydrogens is 242 g/mol. The average molecular weight is 259 g/mol. The van der Waals surface area contributed by atoms with Gasteiger partial charge in [0.2, 0.25) is 0 Å². The van der Waals surface area contributed by atoms with Crippen LogP contribution in [0.4, 0.5) is 0 Å². The monoisotopic (exact) mass is 259 g/mol. The van der Waals surface area contributed by atoms with Gasteiger partial charge >= 0.3 is 0 Å². The molecule has 0 saturated heterocycles. The summed E-state index contributed by atoms with van der Waals surface area (Å²) in [6.45, 7) is 0.589. The number of nitrogens with two attached hydrogens (primary N) is 1. The maximum atomic E-state index is 8.70. The fourth-order valence-electron chi connectivity index (χ4n) is 1.88. The number of benzene rings is 1. The van der Waals surface area contributed by atoms with Gasteiger partial charge in [0.15, 0.2) is 0 Å². The van der Waals surface area contributed by atoms with Crippen LogP contribution in [0.5, 0.6) is 0 Å². The third-order valence-electron chi connectivity index (χ3n) is 2.85. The minimum absolute atomic E-state index is 0.0257. The van der Waals surface area contributed by atoms with Gasteiger partial charge in [-0.15, -0.1) is 0 Å². The number of hydrogen-bond acceptors (Lipinski definition) is 4. The Balaban J connectivity index is 2.06. The Morgan fingerprint density at radius 1 is 1.26 bits per heavy atom. The Kier molecular flexibility index (Phi) is 4.58. The molecule has 0 aliphatic rings. The van der Waals surface area contributed by atoms with E-state index in [0.29, 0.717) is 13.0 Å². The highest BCUT2D eigenvalue weighted by atomic mass is 16.4. The molecule has 0 spiro atoms. The number of hydrogen-bond donors (Lipinski definition) is 3. The Morgan fingerprint density at radius 3 is 2.68 bits per heavy atom. The zero-order chi connectivity index (χ0) is 13.5. The van der Waals surface area contributed by atoms with Gasteiger partial charge in [-0.05, 0) is 17.7 Å². The first-order valence-corrected chi connectivity index (χ1v) is 6.06. The van der Waals surface area contributed by atoms with Crippen LogP contribution in [0, 0.1) is 0 Å². The van der Waals surface area contributed by atoms with E-state index in [4.69, 9.17) is 15.4 Å². The summed E-state index contributed by atoms with van der Waals surface area (Å²) in [5, 5.41) is 15.1. The molecule has 4 N–H and O–H groups in total. The van der Waals surface area contributed by atoms with Crippen molar-refractivity contribution in [2.24, 2.45) is 10.9 Å². The lowest BCUT2D eigenvalue weighted by atomic mass is 10.0. The van der Waals surface area contributed by atoms with Gasteiger partial charge in [0.05, 0.1) is 12.8 Å². The van der Waals surface area contributed by atoms with E-state index in [-0.39, 0.29) is 11.9 Å². The molecule has 1 aromatic carbocycles. The molecule has 2 rings (SSSR count). The molecule has 0 fully saturated rings. The second-order valence-electron chi connectivity index (χ2n) is 4.22. The number of amidine groups is 1. The van der Waals surface area contributed by atoms with Crippen molar-refractivity contribution in [3.63, 3.8) is 0 Å². The first kappa shape index (κ1) is 13.2. The first-order valence-electron chi connectivity index (χ1n) is 6.06. The third-order valence-corrected chi connectivity index (χ3v) is 2.85. The lowest BCUT2D eigenvalue weighted by molar-refractivity contribution is 0.315. The van der Waals surface area contributed by atoms with Gasteiger partial charge in [-0.3, -0.25) is 0 Å². The zero-order valence-electron chi connectivity index (χ0n) is 10.5. The Labute approximate surface area is 111 Å². The lowest BCUT2D eigenvalue weighted by Crippen LogP contribution is -2.26. The normalized spacial score (nSPS) is 13.4. The fourth-order valence-corrected chi connectivity index (χ4v) is 1.88. The molecule has 1 aromatic heterocycles. The minimum Gasteiger partial charge on any atom is -0.468 e. The van der Waals surface area contributed by atoms with Crippen molar-refractivity contribution < 1.29 is 9.62 Å². The molecule has 1 heterocycles. The van der Waals surface area contributed by atoms with Crippen molar-refractivity contribution >= 4 is 5.84 Å². The van der Waals surface area contributed by atoms with Crippen LogP contribution in [0.2, 0.25) is 0 Å². The van der Waals surface area contributed by atoms with E-state index < -0.39 is 0 Å². The summed E-state index contributed by atoms with van der Waals surface area (Å²) < 4.78 is 5.28. The summed E-state index contributed by atoms with van der Waals surface area (Å²) >= 11 is 0. The third kappa shape index (κ3) is 3.86.